The van der Waals surface area contributed by atoms with Gasteiger partial charge in [-0.2, -0.15) is 0 Å². The van der Waals surface area contributed by atoms with Gasteiger partial charge in [0.05, 0.1) is 18.4 Å². The van der Waals surface area contributed by atoms with Crippen molar-refractivity contribution in [2.45, 2.75) is 18.3 Å². The van der Waals surface area contributed by atoms with Crippen LogP contribution in [0.3, 0.4) is 0 Å². The highest BCUT2D eigenvalue weighted by Crippen LogP contribution is 2.21. The summed E-state index contributed by atoms with van der Waals surface area (Å²) in [7, 11) is 1.60. The Balaban J connectivity index is 1.58. The van der Waals surface area contributed by atoms with Crippen LogP contribution in [-0.2, 0) is 17.9 Å². The molecule has 1 amide bonds. The zero-order valence-electron chi connectivity index (χ0n) is 17.4. The second-order valence-electron chi connectivity index (χ2n) is 6.48. The number of rotatable bonds is 11. The number of benzene rings is 2. The molecule has 10 heteroatoms. The maximum atomic E-state index is 12.3. The number of hydrogen-bond donors (Lipinski definition) is 2. The first-order valence-electron chi connectivity index (χ1n) is 9.56. The van der Waals surface area contributed by atoms with Gasteiger partial charge in [0.1, 0.15) is 18.1 Å². The molecule has 0 unspecified atom stereocenters. The Morgan fingerprint density at radius 3 is 2.44 bits per heavy atom. The number of methoxy groups -OCH3 is 1. The molecule has 0 aliphatic heterocycles. The summed E-state index contributed by atoms with van der Waals surface area (Å²) in [5.41, 5.74) is 0.668. The SMILES string of the molecule is C=CCn1c(COc2ccc(OC)cc2)nnc1SCC(=O)Nc1ccc(C(=O)O)cc1. The molecular formula is C22H22N4O5S. The van der Waals surface area contributed by atoms with Crippen LogP contribution < -0.4 is 14.8 Å². The molecule has 2 N–H and O–H groups in total. The predicted octanol–water partition coefficient (Wildman–Crippen LogP) is 3.48. The second-order valence-corrected chi connectivity index (χ2v) is 7.42. The number of aromatic nitrogens is 3. The van der Waals surface area contributed by atoms with E-state index in [2.05, 4.69) is 22.1 Å². The lowest BCUT2D eigenvalue weighted by atomic mass is 10.2. The second kappa shape index (κ2) is 11.0. The van der Waals surface area contributed by atoms with Gasteiger partial charge >= 0.3 is 5.97 Å². The fourth-order valence-electron chi connectivity index (χ4n) is 2.69. The molecule has 9 nitrogen and oxygen atoms in total. The van der Waals surface area contributed by atoms with Gasteiger partial charge in [0.15, 0.2) is 11.0 Å². The summed E-state index contributed by atoms with van der Waals surface area (Å²) in [5, 5.41) is 20.6. The zero-order chi connectivity index (χ0) is 22.9. The van der Waals surface area contributed by atoms with Gasteiger partial charge in [-0.3, -0.25) is 9.36 Å². The molecule has 0 fully saturated rings. The lowest BCUT2D eigenvalue weighted by Gasteiger charge is -2.10. The van der Waals surface area contributed by atoms with E-state index in [4.69, 9.17) is 14.6 Å². The molecule has 0 saturated carbocycles. The Morgan fingerprint density at radius 2 is 1.81 bits per heavy atom. The third kappa shape index (κ3) is 6.11. The van der Waals surface area contributed by atoms with Gasteiger partial charge in [-0.25, -0.2) is 4.79 Å². The number of amides is 1. The van der Waals surface area contributed by atoms with Crippen molar-refractivity contribution in [2.24, 2.45) is 0 Å². The van der Waals surface area contributed by atoms with Gasteiger partial charge < -0.3 is 19.9 Å². The van der Waals surface area contributed by atoms with Crippen LogP contribution in [0, 0.1) is 0 Å². The van der Waals surface area contributed by atoms with E-state index in [1.54, 1.807) is 49.6 Å². The first kappa shape index (κ1) is 22.9. The molecule has 0 aliphatic rings. The topological polar surface area (TPSA) is 116 Å². The Bertz CT molecular complexity index is 1080. The summed E-state index contributed by atoms with van der Waals surface area (Å²) in [6.45, 7) is 4.44. The first-order valence-corrected chi connectivity index (χ1v) is 10.5. The Kier molecular flexibility index (Phi) is 7.87. The number of hydrogen-bond acceptors (Lipinski definition) is 7. The van der Waals surface area contributed by atoms with Gasteiger partial charge in [0.2, 0.25) is 5.91 Å². The number of aromatic carboxylic acids is 1. The summed E-state index contributed by atoms with van der Waals surface area (Å²) >= 11 is 1.23. The van der Waals surface area contributed by atoms with Crippen LogP contribution in [0.4, 0.5) is 5.69 Å². The molecule has 2 aromatic carbocycles. The fraction of sp³-hybridized carbons (Fsp3) is 0.182. The first-order chi connectivity index (χ1) is 15.5. The van der Waals surface area contributed by atoms with Crippen LogP contribution in [-0.4, -0.2) is 44.6 Å². The number of ether oxygens (including phenoxy) is 2. The lowest BCUT2D eigenvalue weighted by molar-refractivity contribution is -0.113. The quantitative estimate of drug-likeness (QED) is 0.334. The number of nitrogens with zero attached hydrogens (tertiary/aromatic N) is 3. The van der Waals surface area contributed by atoms with Crippen LogP contribution >= 0.6 is 11.8 Å². The van der Waals surface area contributed by atoms with Crippen LogP contribution in [0.5, 0.6) is 11.5 Å². The minimum Gasteiger partial charge on any atom is -0.497 e. The number of carbonyl (C=O) groups is 2. The average molecular weight is 455 g/mol. The molecule has 0 saturated heterocycles. The summed E-state index contributed by atoms with van der Waals surface area (Å²) in [4.78, 5) is 23.2. The minimum atomic E-state index is -1.02. The molecule has 0 aliphatic carbocycles. The number of allylic oxidation sites excluding steroid dienone is 1. The highest BCUT2D eigenvalue weighted by Gasteiger charge is 2.14. The number of carbonyl (C=O) groups excluding carboxylic acids is 1. The van der Waals surface area contributed by atoms with Crippen LogP contribution in [0.1, 0.15) is 16.2 Å². The number of carboxylic acids is 1. The molecule has 0 spiro atoms. The van der Waals surface area contributed by atoms with Gasteiger partial charge in [0.25, 0.3) is 0 Å². The van der Waals surface area contributed by atoms with Crippen molar-refractivity contribution < 1.29 is 24.2 Å². The highest BCUT2D eigenvalue weighted by atomic mass is 32.2. The van der Waals surface area contributed by atoms with Gasteiger partial charge in [0, 0.05) is 12.2 Å². The Labute approximate surface area is 189 Å². The lowest BCUT2D eigenvalue weighted by Crippen LogP contribution is -2.15. The van der Waals surface area contributed by atoms with E-state index < -0.39 is 5.97 Å². The number of carboxylic acid groups (broad SMARTS) is 1. The number of thioether (sulfide) groups is 1. The van der Waals surface area contributed by atoms with Crippen molar-refractivity contribution in [3.05, 3.63) is 72.6 Å². The molecule has 166 valence electrons. The standard InChI is InChI=1S/C22H22N4O5S/c1-3-12-26-19(13-31-18-10-8-17(30-2)9-11-18)24-25-22(26)32-14-20(27)23-16-6-4-15(5-7-16)21(28)29/h3-11H,1,12-14H2,2H3,(H,23,27)(H,28,29). The Hall–Kier alpha value is -3.79. The van der Waals surface area contributed by atoms with E-state index in [9.17, 15) is 9.59 Å². The van der Waals surface area contributed by atoms with Crippen molar-refractivity contribution in [3.63, 3.8) is 0 Å². The van der Waals surface area contributed by atoms with Crippen molar-refractivity contribution in [1.82, 2.24) is 14.8 Å². The molecule has 0 atom stereocenters. The molecule has 3 rings (SSSR count). The van der Waals surface area contributed by atoms with Gasteiger partial charge in [-0.05, 0) is 48.5 Å². The Morgan fingerprint density at radius 1 is 1.12 bits per heavy atom. The monoisotopic (exact) mass is 454 g/mol. The predicted molar refractivity (Wildman–Crippen MR) is 120 cm³/mol. The van der Waals surface area contributed by atoms with Crippen molar-refractivity contribution in [1.29, 1.82) is 0 Å². The minimum absolute atomic E-state index is 0.106. The number of anilines is 1. The van der Waals surface area contributed by atoms with Crippen molar-refractivity contribution in [3.8, 4) is 11.5 Å². The highest BCUT2D eigenvalue weighted by molar-refractivity contribution is 7.99. The number of nitrogens with one attached hydrogen (secondary N) is 1. The van der Waals surface area contributed by atoms with E-state index in [0.717, 1.165) is 5.75 Å². The van der Waals surface area contributed by atoms with Crippen molar-refractivity contribution >= 4 is 29.3 Å². The smallest absolute Gasteiger partial charge is 0.335 e. The van der Waals surface area contributed by atoms with Crippen molar-refractivity contribution in [2.75, 3.05) is 18.2 Å². The van der Waals surface area contributed by atoms with E-state index >= 15 is 0 Å². The van der Waals surface area contributed by atoms with E-state index in [0.29, 0.717) is 29.0 Å². The third-order valence-electron chi connectivity index (χ3n) is 4.28. The van der Waals surface area contributed by atoms with Crippen LogP contribution in [0.15, 0.2) is 66.3 Å². The molecular weight excluding hydrogens is 432 g/mol. The summed E-state index contributed by atoms with van der Waals surface area (Å²) < 4.78 is 12.7. The summed E-state index contributed by atoms with van der Waals surface area (Å²) in [5.74, 6) is 0.847. The zero-order valence-corrected chi connectivity index (χ0v) is 18.2. The van der Waals surface area contributed by atoms with E-state index in [1.165, 1.54) is 23.9 Å². The maximum Gasteiger partial charge on any atom is 0.335 e. The maximum absolute atomic E-state index is 12.3. The van der Waals surface area contributed by atoms with Gasteiger partial charge in [-0.15, -0.1) is 16.8 Å². The van der Waals surface area contributed by atoms with E-state index in [-0.39, 0.29) is 23.8 Å². The summed E-state index contributed by atoms with van der Waals surface area (Å²) in [6.07, 6.45) is 1.72. The van der Waals surface area contributed by atoms with E-state index in [1.807, 2.05) is 4.57 Å². The normalized spacial score (nSPS) is 10.4. The molecule has 1 heterocycles. The molecule has 32 heavy (non-hydrogen) atoms. The molecule has 3 aromatic rings. The molecule has 1 aromatic heterocycles. The molecule has 0 radical (unpaired) electrons. The van der Waals surface area contributed by atoms with Crippen LogP contribution in [0.2, 0.25) is 0 Å². The van der Waals surface area contributed by atoms with Gasteiger partial charge in [-0.1, -0.05) is 17.8 Å². The third-order valence-corrected chi connectivity index (χ3v) is 5.25. The molecule has 0 bridgehead atoms. The fourth-order valence-corrected chi connectivity index (χ4v) is 3.45. The largest absolute Gasteiger partial charge is 0.497 e. The summed E-state index contributed by atoms with van der Waals surface area (Å²) in [6, 6.07) is 13.2. The van der Waals surface area contributed by atoms with Crippen LogP contribution in [0.25, 0.3) is 0 Å². The average Bonchev–Trinajstić information content (AvgIpc) is 3.18.